The van der Waals surface area contributed by atoms with Crippen molar-refractivity contribution in [2.24, 2.45) is 5.84 Å². The van der Waals surface area contributed by atoms with Crippen molar-refractivity contribution in [3.8, 4) is 0 Å². The summed E-state index contributed by atoms with van der Waals surface area (Å²) < 4.78 is 0. The second kappa shape index (κ2) is 5.96. The number of thioether (sulfide) groups is 1. The molecule has 2 aromatic rings. The third kappa shape index (κ3) is 2.57. The first kappa shape index (κ1) is 14.2. The third-order valence-corrected chi connectivity index (χ3v) is 5.40. The summed E-state index contributed by atoms with van der Waals surface area (Å²) in [6.07, 6.45) is 0. The van der Waals surface area contributed by atoms with Crippen LogP contribution in [0.3, 0.4) is 0 Å². The van der Waals surface area contributed by atoms with E-state index in [-0.39, 0.29) is 12.0 Å². The van der Waals surface area contributed by atoms with Crippen LogP contribution in [0.2, 0.25) is 10.0 Å². The molecule has 1 aliphatic heterocycles. The van der Waals surface area contributed by atoms with Crippen molar-refractivity contribution >= 4 is 35.0 Å². The zero-order valence-corrected chi connectivity index (χ0v) is 13.0. The van der Waals surface area contributed by atoms with Gasteiger partial charge < -0.3 is 0 Å². The highest BCUT2D eigenvalue weighted by Crippen LogP contribution is 2.46. The van der Waals surface area contributed by atoms with Crippen LogP contribution >= 0.6 is 35.0 Å². The molecule has 0 aromatic heterocycles. The summed E-state index contributed by atoms with van der Waals surface area (Å²) in [4.78, 5) is 1.32. The van der Waals surface area contributed by atoms with Crippen molar-refractivity contribution in [1.82, 2.24) is 5.43 Å². The molecule has 0 spiro atoms. The van der Waals surface area contributed by atoms with Gasteiger partial charge in [-0.2, -0.15) is 0 Å². The Labute approximate surface area is 132 Å². The largest absolute Gasteiger partial charge is 0.271 e. The van der Waals surface area contributed by atoms with Crippen molar-refractivity contribution in [2.75, 3.05) is 5.75 Å². The Bertz CT molecular complexity index is 633. The van der Waals surface area contributed by atoms with Gasteiger partial charge in [-0.25, -0.2) is 0 Å². The van der Waals surface area contributed by atoms with E-state index in [0.717, 1.165) is 11.3 Å². The number of hydrogen-bond acceptors (Lipinski definition) is 3. The normalized spacial score (nSPS) is 18.9. The van der Waals surface area contributed by atoms with Gasteiger partial charge in [0.1, 0.15) is 0 Å². The summed E-state index contributed by atoms with van der Waals surface area (Å²) >= 11 is 14.3. The minimum Gasteiger partial charge on any atom is -0.271 e. The van der Waals surface area contributed by atoms with Gasteiger partial charge in [-0.3, -0.25) is 11.3 Å². The lowest BCUT2D eigenvalue weighted by molar-refractivity contribution is 0.485. The summed E-state index contributed by atoms with van der Waals surface area (Å²) in [5.41, 5.74) is 5.18. The smallest absolute Gasteiger partial charge is 0.0552 e. The van der Waals surface area contributed by atoms with E-state index < -0.39 is 0 Å². The highest BCUT2D eigenvalue weighted by atomic mass is 35.5. The maximum atomic E-state index is 6.31. The molecule has 1 heterocycles. The second-order valence-corrected chi connectivity index (χ2v) is 6.67. The Morgan fingerprint density at radius 3 is 2.80 bits per heavy atom. The first-order chi connectivity index (χ1) is 9.70. The van der Waals surface area contributed by atoms with E-state index in [1.165, 1.54) is 10.5 Å². The first-order valence-corrected chi connectivity index (χ1v) is 8.07. The van der Waals surface area contributed by atoms with E-state index in [2.05, 4.69) is 29.7 Å². The van der Waals surface area contributed by atoms with Crippen molar-refractivity contribution in [1.29, 1.82) is 0 Å². The maximum Gasteiger partial charge on any atom is 0.0552 e. The molecule has 20 heavy (non-hydrogen) atoms. The number of hydrogen-bond donors (Lipinski definition) is 2. The molecule has 0 saturated carbocycles. The number of nitrogens with two attached hydrogens (primary N) is 1. The maximum absolute atomic E-state index is 6.31. The lowest BCUT2D eigenvalue weighted by Gasteiger charge is -2.24. The summed E-state index contributed by atoms with van der Waals surface area (Å²) in [5.74, 6) is 7.07. The Hall–Kier alpha value is -0.710. The van der Waals surface area contributed by atoms with Crippen molar-refractivity contribution in [3.63, 3.8) is 0 Å². The van der Waals surface area contributed by atoms with Crippen LogP contribution in [0.5, 0.6) is 0 Å². The molecule has 2 nitrogen and oxygen atoms in total. The van der Waals surface area contributed by atoms with Crippen molar-refractivity contribution < 1.29 is 0 Å². The minimum absolute atomic E-state index is 0.0441. The fourth-order valence-corrected chi connectivity index (χ4v) is 4.35. The topological polar surface area (TPSA) is 38.0 Å². The molecule has 2 aromatic carbocycles. The van der Waals surface area contributed by atoms with E-state index in [1.54, 1.807) is 6.07 Å². The number of fused-ring (bicyclic) bond motifs is 1. The van der Waals surface area contributed by atoms with Crippen LogP contribution in [0.4, 0.5) is 0 Å². The van der Waals surface area contributed by atoms with E-state index >= 15 is 0 Å². The minimum atomic E-state index is -0.0441. The number of halogens is 2. The number of rotatable bonds is 3. The van der Waals surface area contributed by atoms with Gasteiger partial charge in [0.05, 0.1) is 6.04 Å². The molecule has 0 saturated heterocycles. The van der Waals surface area contributed by atoms with Crippen LogP contribution in [0.15, 0.2) is 47.4 Å². The quantitative estimate of drug-likeness (QED) is 0.649. The zero-order chi connectivity index (χ0) is 14.1. The van der Waals surface area contributed by atoms with Gasteiger partial charge in [0, 0.05) is 26.6 Å². The molecule has 0 fully saturated rings. The Morgan fingerprint density at radius 1 is 1.20 bits per heavy atom. The lowest BCUT2D eigenvalue weighted by Crippen LogP contribution is -2.33. The fraction of sp³-hybridized carbons (Fsp3) is 0.200. The van der Waals surface area contributed by atoms with Gasteiger partial charge in [-0.1, -0.05) is 41.4 Å². The van der Waals surface area contributed by atoms with E-state index in [4.69, 9.17) is 29.0 Å². The highest BCUT2D eigenvalue weighted by Gasteiger charge is 2.31. The summed E-state index contributed by atoms with van der Waals surface area (Å²) in [6, 6.07) is 13.9. The van der Waals surface area contributed by atoms with Gasteiger partial charge in [-0.05, 0) is 35.4 Å². The molecule has 104 valence electrons. The van der Waals surface area contributed by atoms with Crippen molar-refractivity contribution in [3.05, 3.63) is 63.6 Å². The lowest BCUT2D eigenvalue weighted by atomic mass is 9.89. The van der Waals surface area contributed by atoms with Crippen LogP contribution in [-0.4, -0.2) is 5.75 Å². The van der Waals surface area contributed by atoms with E-state index in [1.807, 2.05) is 23.9 Å². The molecule has 1 aliphatic rings. The molecular weight excluding hydrogens is 311 g/mol. The third-order valence-electron chi connectivity index (χ3n) is 3.61. The zero-order valence-electron chi connectivity index (χ0n) is 10.6. The van der Waals surface area contributed by atoms with Crippen LogP contribution < -0.4 is 11.3 Å². The number of nitrogens with one attached hydrogen (secondary N) is 1. The Balaban J connectivity index is 2.01. The van der Waals surface area contributed by atoms with Crippen LogP contribution in [0, 0.1) is 0 Å². The van der Waals surface area contributed by atoms with Crippen LogP contribution in [-0.2, 0) is 0 Å². The number of benzene rings is 2. The molecule has 3 rings (SSSR count). The summed E-state index contributed by atoms with van der Waals surface area (Å²) in [7, 11) is 0. The molecular formula is C15H14Cl2N2S. The molecule has 2 atom stereocenters. The standard InChI is InChI=1S/C15H14Cl2N2S/c16-9-5-6-13(17)11(7-9)15(19-18)12-8-20-14-4-2-1-3-10(12)14/h1-7,12,15,19H,8,18H2. The molecule has 3 N–H and O–H groups in total. The Kier molecular flexibility index (Phi) is 4.24. The summed E-state index contributed by atoms with van der Waals surface area (Å²) in [5, 5.41) is 1.36. The van der Waals surface area contributed by atoms with Gasteiger partial charge >= 0.3 is 0 Å². The van der Waals surface area contributed by atoms with Gasteiger partial charge in [0.15, 0.2) is 0 Å². The monoisotopic (exact) mass is 324 g/mol. The highest BCUT2D eigenvalue weighted by molar-refractivity contribution is 7.99. The van der Waals surface area contributed by atoms with E-state index in [9.17, 15) is 0 Å². The van der Waals surface area contributed by atoms with Crippen LogP contribution in [0.1, 0.15) is 23.1 Å². The van der Waals surface area contributed by atoms with E-state index in [0.29, 0.717) is 10.0 Å². The average Bonchev–Trinajstić information content (AvgIpc) is 2.88. The molecule has 5 heteroatoms. The van der Waals surface area contributed by atoms with Gasteiger partial charge in [-0.15, -0.1) is 11.8 Å². The predicted molar refractivity (Wildman–Crippen MR) is 86.4 cm³/mol. The summed E-state index contributed by atoms with van der Waals surface area (Å²) in [6.45, 7) is 0. The molecule has 0 radical (unpaired) electrons. The van der Waals surface area contributed by atoms with Crippen LogP contribution in [0.25, 0.3) is 0 Å². The second-order valence-electron chi connectivity index (χ2n) is 4.77. The Morgan fingerprint density at radius 2 is 2.00 bits per heavy atom. The molecule has 2 unspecified atom stereocenters. The average molecular weight is 325 g/mol. The first-order valence-electron chi connectivity index (χ1n) is 6.33. The van der Waals surface area contributed by atoms with Gasteiger partial charge in [0.25, 0.3) is 0 Å². The number of hydrazine groups is 1. The molecule has 0 amide bonds. The fourth-order valence-electron chi connectivity index (χ4n) is 2.64. The van der Waals surface area contributed by atoms with Gasteiger partial charge in [0.2, 0.25) is 0 Å². The predicted octanol–water partition coefficient (Wildman–Crippen LogP) is 4.39. The molecule has 0 bridgehead atoms. The molecule has 0 aliphatic carbocycles. The SMILES string of the molecule is NNC(c1cc(Cl)ccc1Cl)C1CSc2ccccc21. The van der Waals surface area contributed by atoms with Crippen molar-refractivity contribution in [2.45, 2.75) is 16.9 Å².